The quantitative estimate of drug-likeness (QED) is 0.0184. The number of piperidine rings is 1. The number of nitrogens with two attached hydrogens (primary N) is 3. The summed E-state index contributed by atoms with van der Waals surface area (Å²) in [7, 11) is 3.15. The largest absolute Gasteiger partial charge is 0.457 e. The number of likely N-dealkylation sites (tertiary alicyclic amines) is 1. The van der Waals surface area contributed by atoms with Crippen molar-refractivity contribution in [2.45, 2.75) is 37.8 Å². The standard InChI is InChI=1S/C49H65N11O10/c1-54-46(51)44-45(35-15-17-40(18-16-35)70-39-12-4-3-5-13-39)56-60(47(44)52)37-10-7-20-58(31-37)48(64)41(50)32-59(53)21-24-67-26-28-69-30-29-68-27-25-66-23-19-55-42-14-6-9-36(33-62)43(42)49(65)57(2)38(34-63)11-8-22-61/h3-6,9,12-18,22,32-34,37-38,52,54-55H,7-8,10-11,19-21,23-31,50-51,53H2,1-2H3/b41-32-,46-44-,52-47?. The number of anilines is 1. The molecule has 2 atom stereocenters. The maximum absolute atomic E-state index is 13.5. The molecule has 21 heteroatoms. The smallest absolute Gasteiger partial charge is 0.271 e. The minimum absolute atomic E-state index is 0.0287. The summed E-state index contributed by atoms with van der Waals surface area (Å²) in [6.45, 7) is 3.92. The van der Waals surface area contributed by atoms with Crippen molar-refractivity contribution in [3.8, 4) is 11.5 Å². The molecule has 0 radical (unpaired) electrons. The molecule has 0 bridgehead atoms. The van der Waals surface area contributed by atoms with Crippen LogP contribution in [0.3, 0.4) is 0 Å². The fraction of sp³-hybridized carbons (Fsp3) is 0.408. The number of carbonyl (C=O) groups excluding carboxylic acids is 5. The van der Waals surface area contributed by atoms with Gasteiger partial charge in [0.2, 0.25) is 0 Å². The lowest BCUT2D eigenvalue weighted by Crippen LogP contribution is -2.50. The molecular formula is C49H65N11O10. The van der Waals surface area contributed by atoms with Crippen LogP contribution in [0.1, 0.15) is 52.0 Å². The molecule has 1 fully saturated rings. The number of hydrogen-bond donors (Lipinski definition) is 6. The van der Waals surface area contributed by atoms with Gasteiger partial charge in [-0.2, -0.15) is 5.10 Å². The first kappa shape index (κ1) is 53.8. The molecule has 0 spiro atoms. The molecule has 21 nitrogen and oxygen atoms in total. The highest BCUT2D eigenvalue weighted by molar-refractivity contribution is 6.32. The highest BCUT2D eigenvalue weighted by Gasteiger charge is 2.37. The molecule has 2 unspecified atom stereocenters. The van der Waals surface area contributed by atoms with Crippen molar-refractivity contribution >= 4 is 47.9 Å². The lowest BCUT2D eigenvalue weighted by atomic mass is 10.0. The Morgan fingerprint density at radius 1 is 0.886 bits per heavy atom. The van der Waals surface area contributed by atoms with Crippen LogP contribution < -0.4 is 32.7 Å². The number of para-hydroxylation sites is 1. The summed E-state index contributed by atoms with van der Waals surface area (Å²) in [4.78, 5) is 63.8. The first-order chi connectivity index (χ1) is 34.0. The number of likely N-dealkylation sites (N-methyl/N-ethyl adjacent to an activating group) is 1. The van der Waals surface area contributed by atoms with Gasteiger partial charge in [-0.15, -0.1) is 0 Å². The third kappa shape index (κ3) is 15.4. The number of nitrogens with one attached hydrogen (secondary N) is 3. The Labute approximate surface area is 408 Å². The molecule has 0 aliphatic carbocycles. The van der Waals surface area contributed by atoms with E-state index in [4.69, 9.17) is 51.5 Å². The van der Waals surface area contributed by atoms with Gasteiger partial charge in [0.25, 0.3) is 11.8 Å². The van der Waals surface area contributed by atoms with Crippen molar-refractivity contribution < 1.29 is 47.7 Å². The van der Waals surface area contributed by atoms with Gasteiger partial charge in [-0.05, 0) is 61.7 Å². The maximum atomic E-state index is 13.5. The lowest BCUT2D eigenvalue weighted by molar-refractivity contribution is -0.129. The van der Waals surface area contributed by atoms with Crippen LogP contribution >= 0.6 is 0 Å². The van der Waals surface area contributed by atoms with Crippen LogP contribution in [0.2, 0.25) is 0 Å². The number of ether oxygens (including phenoxy) is 5. The van der Waals surface area contributed by atoms with E-state index in [9.17, 15) is 24.0 Å². The van der Waals surface area contributed by atoms with Gasteiger partial charge < -0.3 is 70.2 Å². The normalized spacial score (nSPS) is 16.0. The summed E-state index contributed by atoms with van der Waals surface area (Å²) < 4.78 is 28.3. The number of carbonyl (C=O) groups is 5. The third-order valence-corrected chi connectivity index (χ3v) is 11.3. The van der Waals surface area contributed by atoms with Crippen LogP contribution in [-0.4, -0.2) is 167 Å². The second kappa shape index (κ2) is 28.4. The zero-order chi connectivity index (χ0) is 50.3. The average molecular weight is 968 g/mol. The minimum atomic E-state index is -0.805. The molecule has 0 saturated carbocycles. The predicted octanol–water partition coefficient (Wildman–Crippen LogP) is 2.44. The molecule has 0 aromatic heterocycles. The Kier molecular flexibility index (Phi) is 21.8. The average Bonchev–Trinajstić information content (AvgIpc) is 3.73. The molecular weight excluding hydrogens is 903 g/mol. The minimum Gasteiger partial charge on any atom is -0.457 e. The molecule has 2 aliphatic rings. The lowest BCUT2D eigenvalue weighted by Gasteiger charge is -2.36. The van der Waals surface area contributed by atoms with Gasteiger partial charge in [-0.1, -0.05) is 30.3 Å². The molecule has 2 heterocycles. The number of nitrogens with zero attached hydrogens (tertiary/aromatic N) is 5. The number of hydrazone groups is 1. The fourth-order valence-corrected chi connectivity index (χ4v) is 7.57. The van der Waals surface area contributed by atoms with Crippen LogP contribution in [0, 0.1) is 5.41 Å². The Hall–Kier alpha value is -7.17. The second-order valence-corrected chi connectivity index (χ2v) is 16.1. The molecule has 2 amide bonds. The molecule has 3 aromatic rings. The van der Waals surface area contributed by atoms with Crippen LogP contribution in [0.25, 0.3) is 0 Å². The number of hydrogen-bond acceptors (Lipinski definition) is 18. The van der Waals surface area contributed by atoms with Crippen molar-refractivity contribution in [1.29, 1.82) is 5.41 Å². The third-order valence-electron chi connectivity index (χ3n) is 11.3. The molecule has 1 saturated heterocycles. The molecule has 70 heavy (non-hydrogen) atoms. The monoisotopic (exact) mass is 967 g/mol. The molecule has 2 aliphatic heterocycles. The summed E-state index contributed by atoms with van der Waals surface area (Å²) in [6.07, 6.45) is 4.95. The van der Waals surface area contributed by atoms with Gasteiger partial charge in [-0.3, -0.25) is 19.8 Å². The summed E-state index contributed by atoms with van der Waals surface area (Å²) in [5.41, 5.74) is 15.1. The number of amidine groups is 1. The van der Waals surface area contributed by atoms with E-state index in [2.05, 4.69) is 10.6 Å². The Bertz CT molecular complexity index is 2310. The zero-order valence-electron chi connectivity index (χ0n) is 39.8. The van der Waals surface area contributed by atoms with E-state index >= 15 is 0 Å². The van der Waals surface area contributed by atoms with E-state index in [0.29, 0.717) is 125 Å². The van der Waals surface area contributed by atoms with E-state index in [-0.39, 0.29) is 67.1 Å². The van der Waals surface area contributed by atoms with E-state index in [1.807, 2.05) is 54.6 Å². The van der Waals surface area contributed by atoms with Crippen LogP contribution in [0.4, 0.5) is 5.69 Å². The van der Waals surface area contributed by atoms with Crippen molar-refractivity contribution in [2.75, 3.05) is 98.4 Å². The van der Waals surface area contributed by atoms with Gasteiger partial charge >= 0.3 is 0 Å². The Morgan fingerprint density at radius 2 is 1.54 bits per heavy atom. The zero-order valence-corrected chi connectivity index (χ0v) is 39.8. The maximum Gasteiger partial charge on any atom is 0.271 e. The van der Waals surface area contributed by atoms with E-state index < -0.39 is 11.9 Å². The van der Waals surface area contributed by atoms with Gasteiger partial charge in [0, 0.05) is 63.2 Å². The summed E-state index contributed by atoms with van der Waals surface area (Å²) in [5.74, 6) is 7.05. The number of amides is 2. The molecule has 376 valence electrons. The molecule has 5 rings (SSSR count). The van der Waals surface area contributed by atoms with Gasteiger partial charge in [0.1, 0.15) is 41.3 Å². The predicted molar refractivity (Wildman–Crippen MR) is 263 cm³/mol. The number of hydrazine groups is 1. The highest BCUT2D eigenvalue weighted by Crippen LogP contribution is 2.29. The summed E-state index contributed by atoms with van der Waals surface area (Å²) >= 11 is 0. The topological polar surface area (TPSA) is 283 Å². The summed E-state index contributed by atoms with van der Waals surface area (Å²) in [6, 6.07) is 20.6. The number of aldehydes is 3. The number of rotatable bonds is 30. The van der Waals surface area contributed by atoms with Crippen LogP contribution in [0.5, 0.6) is 11.5 Å². The second-order valence-electron chi connectivity index (χ2n) is 16.1. The Balaban J connectivity index is 0.947. The Morgan fingerprint density at radius 3 is 2.19 bits per heavy atom. The van der Waals surface area contributed by atoms with Gasteiger partial charge in [-0.25, -0.2) is 10.9 Å². The van der Waals surface area contributed by atoms with Crippen molar-refractivity contribution in [2.24, 2.45) is 22.4 Å². The van der Waals surface area contributed by atoms with Crippen LogP contribution in [-0.2, 0) is 33.3 Å². The highest BCUT2D eigenvalue weighted by atomic mass is 16.6. The first-order valence-electron chi connectivity index (χ1n) is 23.1. The van der Waals surface area contributed by atoms with Crippen LogP contribution in [0.15, 0.2) is 101 Å². The SMILES string of the molecule is CN/C(N)=C1\C(=N)N(C2CCCN(C(=O)/C(N)=C/N(N)CCOCCOCCOCCOCCNc3cccc(C=O)c3C(=O)N(C)C(C=O)CCC=O)C2)N=C1c1ccc(Oc2ccccc2)cc1. The molecule has 9 N–H and O–H groups in total. The van der Waals surface area contributed by atoms with E-state index in [0.717, 1.165) is 5.56 Å². The summed E-state index contributed by atoms with van der Waals surface area (Å²) in [5, 5.41) is 23.0. The van der Waals surface area contributed by atoms with E-state index in [1.54, 1.807) is 29.1 Å². The first-order valence-corrected chi connectivity index (χ1v) is 23.1. The molecule has 3 aromatic carbocycles. The van der Waals surface area contributed by atoms with E-state index in [1.165, 1.54) is 29.2 Å². The van der Waals surface area contributed by atoms with Crippen molar-refractivity contribution in [3.63, 3.8) is 0 Å². The fourth-order valence-electron chi connectivity index (χ4n) is 7.57. The van der Waals surface area contributed by atoms with Crippen molar-refractivity contribution in [1.82, 2.24) is 25.1 Å². The van der Waals surface area contributed by atoms with Gasteiger partial charge in [0.15, 0.2) is 12.1 Å². The van der Waals surface area contributed by atoms with Crippen molar-refractivity contribution in [3.05, 3.63) is 113 Å². The van der Waals surface area contributed by atoms with Gasteiger partial charge in [0.05, 0.1) is 82.6 Å². The number of benzene rings is 3.